The Balaban J connectivity index is 1.86. The molecule has 30 heavy (non-hydrogen) atoms. The van der Waals surface area contributed by atoms with E-state index in [0.29, 0.717) is 13.1 Å². The number of benzene rings is 1. The maximum absolute atomic E-state index is 12.3. The van der Waals surface area contributed by atoms with E-state index in [0.717, 1.165) is 77.4 Å². The Morgan fingerprint density at radius 2 is 1.40 bits per heavy atom. The summed E-state index contributed by atoms with van der Waals surface area (Å²) in [4.78, 5) is 22.1. The van der Waals surface area contributed by atoms with Crippen LogP contribution in [-0.2, 0) is 0 Å². The van der Waals surface area contributed by atoms with Gasteiger partial charge in [0.05, 0.1) is 0 Å². The third-order valence-electron chi connectivity index (χ3n) is 5.82. The van der Waals surface area contributed by atoms with Crippen molar-refractivity contribution in [1.29, 1.82) is 0 Å². The lowest BCUT2D eigenvalue weighted by Gasteiger charge is -2.30. The standard InChI is InChI=1S/C23H42N6O/c1-26-12-6-14-28(16-10-24)20-21-29(15-7-13-27(2)19-18-26)17-11-25-23(30)22-8-4-3-5-9-22/h3-5,8-9H,6-7,10-21,24H2,1-2H3,(H,25,30). The number of hydrogen-bond donors (Lipinski definition) is 2. The molecule has 0 unspecified atom stereocenters. The molecule has 1 saturated heterocycles. The second-order valence-electron chi connectivity index (χ2n) is 8.41. The van der Waals surface area contributed by atoms with Gasteiger partial charge in [-0.2, -0.15) is 0 Å². The lowest BCUT2D eigenvalue weighted by atomic mass is 10.2. The Morgan fingerprint density at radius 3 is 1.97 bits per heavy atom. The summed E-state index contributed by atoms with van der Waals surface area (Å²) in [5, 5.41) is 3.07. The molecule has 0 aliphatic carbocycles. The van der Waals surface area contributed by atoms with Gasteiger partial charge >= 0.3 is 0 Å². The number of nitrogens with two attached hydrogens (primary N) is 1. The molecule has 1 fully saturated rings. The molecule has 170 valence electrons. The number of amides is 1. The summed E-state index contributed by atoms with van der Waals surface area (Å²) in [5.74, 6) is 0.00584. The van der Waals surface area contributed by atoms with E-state index in [-0.39, 0.29) is 5.91 Å². The van der Waals surface area contributed by atoms with E-state index in [9.17, 15) is 4.79 Å². The van der Waals surface area contributed by atoms with Crippen molar-refractivity contribution in [1.82, 2.24) is 24.9 Å². The van der Waals surface area contributed by atoms with Crippen molar-refractivity contribution >= 4 is 5.91 Å². The number of carbonyl (C=O) groups is 1. The van der Waals surface area contributed by atoms with E-state index in [4.69, 9.17) is 5.73 Å². The van der Waals surface area contributed by atoms with Crippen LogP contribution in [0.4, 0.5) is 0 Å². The van der Waals surface area contributed by atoms with Crippen molar-refractivity contribution in [2.24, 2.45) is 5.73 Å². The van der Waals surface area contributed by atoms with Gasteiger partial charge in [0.15, 0.2) is 0 Å². The molecule has 1 aliphatic rings. The average molecular weight is 419 g/mol. The number of nitrogens with zero attached hydrogens (tertiary/aromatic N) is 4. The number of rotatable bonds is 6. The minimum atomic E-state index is 0.00584. The van der Waals surface area contributed by atoms with Crippen molar-refractivity contribution in [3.63, 3.8) is 0 Å². The second kappa shape index (κ2) is 14.5. The van der Waals surface area contributed by atoms with Crippen molar-refractivity contribution in [3.8, 4) is 0 Å². The minimum Gasteiger partial charge on any atom is -0.351 e. The zero-order valence-electron chi connectivity index (χ0n) is 19.1. The topological polar surface area (TPSA) is 68.1 Å². The fraction of sp³-hybridized carbons (Fsp3) is 0.696. The maximum atomic E-state index is 12.3. The van der Waals surface area contributed by atoms with Crippen molar-refractivity contribution in [3.05, 3.63) is 35.9 Å². The van der Waals surface area contributed by atoms with E-state index < -0.39 is 0 Å². The molecule has 1 aromatic carbocycles. The fourth-order valence-corrected chi connectivity index (χ4v) is 3.85. The Hall–Kier alpha value is -1.51. The maximum Gasteiger partial charge on any atom is 0.251 e. The smallest absolute Gasteiger partial charge is 0.251 e. The predicted octanol–water partition coefficient (Wildman–Crippen LogP) is 0.637. The first-order valence-electron chi connectivity index (χ1n) is 11.4. The molecule has 0 aromatic heterocycles. The van der Waals surface area contributed by atoms with Gasteiger partial charge in [-0.25, -0.2) is 0 Å². The fourth-order valence-electron chi connectivity index (χ4n) is 3.85. The van der Waals surface area contributed by atoms with Crippen LogP contribution >= 0.6 is 0 Å². The third kappa shape index (κ3) is 10.00. The summed E-state index contributed by atoms with van der Waals surface area (Å²) in [7, 11) is 4.44. The van der Waals surface area contributed by atoms with Gasteiger partial charge in [0.1, 0.15) is 0 Å². The summed E-state index contributed by atoms with van der Waals surface area (Å²) in [6, 6.07) is 9.44. The van der Waals surface area contributed by atoms with Gasteiger partial charge in [0.2, 0.25) is 0 Å². The van der Waals surface area contributed by atoms with Crippen molar-refractivity contribution in [2.75, 3.05) is 92.6 Å². The molecular weight excluding hydrogens is 376 g/mol. The zero-order valence-corrected chi connectivity index (χ0v) is 19.1. The molecule has 7 nitrogen and oxygen atoms in total. The van der Waals surface area contributed by atoms with Crippen LogP contribution in [-0.4, -0.2) is 118 Å². The summed E-state index contributed by atoms with van der Waals surface area (Å²) < 4.78 is 0. The SMILES string of the molecule is CN1CCCN(CCN)CCN(CCNC(=O)c2ccccc2)CCCN(C)CC1. The first-order chi connectivity index (χ1) is 14.6. The molecule has 1 heterocycles. The summed E-state index contributed by atoms with van der Waals surface area (Å²) >= 11 is 0. The van der Waals surface area contributed by atoms with Crippen LogP contribution in [0.3, 0.4) is 0 Å². The molecule has 1 aliphatic heterocycles. The van der Waals surface area contributed by atoms with Gasteiger partial charge in [-0.1, -0.05) is 18.2 Å². The van der Waals surface area contributed by atoms with E-state index in [2.05, 4.69) is 39.0 Å². The highest BCUT2D eigenvalue weighted by molar-refractivity contribution is 5.94. The van der Waals surface area contributed by atoms with Crippen molar-refractivity contribution in [2.45, 2.75) is 12.8 Å². The number of hydrogen-bond acceptors (Lipinski definition) is 6. The van der Waals surface area contributed by atoms with E-state index in [1.165, 1.54) is 6.42 Å². The third-order valence-corrected chi connectivity index (χ3v) is 5.82. The molecule has 0 saturated carbocycles. The molecule has 0 atom stereocenters. The monoisotopic (exact) mass is 418 g/mol. The van der Waals surface area contributed by atoms with Crippen LogP contribution in [0, 0.1) is 0 Å². The normalized spacial score (nSPS) is 20.0. The molecule has 3 N–H and O–H groups in total. The lowest BCUT2D eigenvalue weighted by Crippen LogP contribution is -2.43. The van der Waals surface area contributed by atoms with Crippen LogP contribution in [0.1, 0.15) is 23.2 Å². The highest BCUT2D eigenvalue weighted by Crippen LogP contribution is 2.01. The lowest BCUT2D eigenvalue weighted by molar-refractivity contribution is 0.0946. The first kappa shape index (κ1) is 24.8. The number of carbonyl (C=O) groups excluding carboxylic acids is 1. The molecule has 7 heteroatoms. The van der Waals surface area contributed by atoms with Crippen LogP contribution in [0.25, 0.3) is 0 Å². The van der Waals surface area contributed by atoms with Gasteiger partial charge in [0.25, 0.3) is 5.91 Å². The quantitative estimate of drug-likeness (QED) is 0.707. The van der Waals surface area contributed by atoms with Gasteiger partial charge < -0.3 is 30.7 Å². The van der Waals surface area contributed by atoms with E-state index in [1.807, 2.05) is 30.3 Å². The van der Waals surface area contributed by atoms with Gasteiger partial charge in [0, 0.05) is 57.9 Å². The molecule has 1 aromatic rings. The van der Waals surface area contributed by atoms with E-state index >= 15 is 0 Å². The van der Waals surface area contributed by atoms with Crippen LogP contribution < -0.4 is 11.1 Å². The van der Waals surface area contributed by atoms with Gasteiger partial charge in [-0.15, -0.1) is 0 Å². The van der Waals surface area contributed by atoms with Gasteiger partial charge in [-0.3, -0.25) is 4.79 Å². The van der Waals surface area contributed by atoms with Crippen LogP contribution in [0.2, 0.25) is 0 Å². The average Bonchev–Trinajstić information content (AvgIpc) is 2.75. The van der Waals surface area contributed by atoms with Crippen LogP contribution in [0.15, 0.2) is 30.3 Å². The summed E-state index contributed by atoms with van der Waals surface area (Å²) in [5.41, 5.74) is 6.57. The Kier molecular flexibility index (Phi) is 12.0. The Labute approximate surface area is 183 Å². The summed E-state index contributed by atoms with van der Waals surface area (Å²) in [6.45, 7) is 11.8. The molecule has 2 rings (SSSR count). The molecular formula is C23H42N6O. The zero-order chi connectivity index (χ0) is 21.6. The number of nitrogens with one attached hydrogen (secondary N) is 1. The predicted molar refractivity (Wildman–Crippen MR) is 125 cm³/mol. The molecule has 0 radical (unpaired) electrons. The molecule has 1 amide bonds. The minimum absolute atomic E-state index is 0.00584. The number of likely N-dealkylation sites (N-methyl/N-ethyl adjacent to an activating group) is 2. The Bertz CT molecular complexity index is 584. The highest BCUT2D eigenvalue weighted by Gasteiger charge is 2.12. The molecule has 0 bridgehead atoms. The van der Waals surface area contributed by atoms with Gasteiger partial charge in [-0.05, 0) is 65.2 Å². The molecule has 0 spiro atoms. The van der Waals surface area contributed by atoms with Crippen molar-refractivity contribution < 1.29 is 4.79 Å². The van der Waals surface area contributed by atoms with E-state index in [1.54, 1.807) is 0 Å². The van der Waals surface area contributed by atoms with Crippen LogP contribution in [0.5, 0.6) is 0 Å². The second-order valence-corrected chi connectivity index (χ2v) is 8.41. The Morgan fingerprint density at radius 1 is 0.833 bits per heavy atom. The first-order valence-corrected chi connectivity index (χ1v) is 11.4. The largest absolute Gasteiger partial charge is 0.351 e. The highest BCUT2D eigenvalue weighted by atomic mass is 16.1. The summed E-state index contributed by atoms with van der Waals surface area (Å²) in [6.07, 6.45) is 2.32.